The van der Waals surface area contributed by atoms with Gasteiger partial charge in [-0.1, -0.05) is 19.1 Å². The molecule has 8 heteroatoms. The lowest BCUT2D eigenvalue weighted by atomic mass is 10.1. The van der Waals surface area contributed by atoms with E-state index < -0.39 is 0 Å². The Morgan fingerprint density at radius 2 is 1.90 bits per heavy atom. The molecule has 0 spiro atoms. The van der Waals surface area contributed by atoms with Gasteiger partial charge in [-0.15, -0.1) is 0 Å². The van der Waals surface area contributed by atoms with Gasteiger partial charge < -0.3 is 21.1 Å². The summed E-state index contributed by atoms with van der Waals surface area (Å²) in [6.45, 7) is 8.93. The number of nitrogen functional groups attached to an aromatic ring is 1. The van der Waals surface area contributed by atoms with E-state index in [-0.39, 0.29) is 11.8 Å². The number of hydrogen-bond donors (Lipinski definition) is 3. The molecule has 1 aromatic carbocycles. The van der Waals surface area contributed by atoms with Crippen LogP contribution in [0.25, 0.3) is 5.95 Å². The van der Waals surface area contributed by atoms with Crippen LogP contribution in [0.2, 0.25) is 0 Å². The first kappa shape index (κ1) is 21.4. The van der Waals surface area contributed by atoms with E-state index in [1.54, 1.807) is 18.5 Å². The van der Waals surface area contributed by atoms with E-state index in [2.05, 4.69) is 31.1 Å². The number of phenolic OH excluding ortho intramolecular Hbond substituents is 1. The maximum atomic E-state index is 9.45. The Balaban J connectivity index is 1.94. The smallest absolute Gasteiger partial charge is 0.239 e. The summed E-state index contributed by atoms with van der Waals surface area (Å²) in [6, 6.07) is 7.43. The van der Waals surface area contributed by atoms with Crippen LogP contribution in [0.3, 0.4) is 0 Å². The molecule has 0 unspecified atom stereocenters. The molecule has 8 nitrogen and oxygen atoms in total. The van der Waals surface area contributed by atoms with E-state index in [1.165, 1.54) is 0 Å². The highest BCUT2D eigenvalue weighted by Crippen LogP contribution is 2.29. The highest BCUT2D eigenvalue weighted by atomic mass is 16.3. The molecule has 2 heterocycles. The van der Waals surface area contributed by atoms with Crippen molar-refractivity contribution in [1.29, 1.82) is 0 Å². The fourth-order valence-corrected chi connectivity index (χ4v) is 3.25. The number of aryl methyl sites for hydroxylation is 1. The molecule has 0 radical (unpaired) electrons. The molecule has 0 aliphatic heterocycles. The predicted octanol–water partition coefficient (Wildman–Crippen LogP) is 3.32. The molecule has 0 aliphatic rings. The van der Waals surface area contributed by atoms with Crippen molar-refractivity contribution in [2.24, 2.45) is 0 Å². The number of anilines is 3. The first-order chi connectivity index (χ1) is 14.3. The van der Waals surface area contributed by atoms with Crippen LogP contribution in [-0.4, -0.2) is 44.3 Å². The zero-order valence-electron chi connectivity index (χ0n) is 18.3. The van der Waals surface area contributed by atoms with Crippen molar-refractivity contribution in [3.8, 4) is 11.7 Å². The van der Waals surface area contributed by atoms with Gasteiger partial charge in [0.05, 0.1) is 5.69 Å². The summed E-state index contributed by atoms with van der Waals surface area (Å²) in [5.74, 6) is 2.11. The van der Waals surface area contributed by atoms with Crippen LogP contribution in [-0.2, 0) is 12.8 Å². The maximum Gasteiger partial charge on any atom is 0.239 e. The summed E-state index contributed by atoms with van der Waals surface area (Å²) in [5.41, 5.74) is 10.1. The summed E-state index contributed by atoms with van der Waals surface area (Å²) in [4.78, 5) is 16.0. The number of aromatic nitrogens is 4. The zero-order chi connectivity index (χ0) is 21.8. The van der Waals surface area contributed by atoms with Gasteiger partial charge in [-0.25, -0.2) is 4.98 Å². The van der Waals surface area contributed by atoms with Crippen LogP contribution in [0.1, 0.15) is 37.7 Å². The molecule has 0 aliphatic carbocycles. The van der Waals surface area contributed by atoms with Crippen molar-refractivity contribution in [2.45, 2.75) is 46.6 Å². The second-order valence-electron chi connectivity index (χ2n) is 7.66. The van der Waals surface area contributed by atoms with Crippen LogP contribution in [0, 0.1) is 6.92 Å². The second kappa shape index (κ2) is 9.02. The van der Waals surface area contributed by atoms with Gasteiger partial charge in [-0.05, 0) is 51.3 Å². The van der Waals surface area contributed by atoms with Crippen molar-refractivity contribution in [3.63, 3.8) is 0 Å². The van der Waals surface area contributed by atoms with Crippen molar-refractivity contribution >= 4 is 17.3 Å². The van der Waals surface area contributed by atoms with Crippen LogP contribution in [0.4, 0.5) is 17.3 Å². The minimum atomic E-state index is 0.232. The second-order valence-corrected chi connectivity index (χ2v) is 7.66. The molecular formula is C22H31N7O. The monoisotopic (exact) mass is 409 g/mol. The zero-order valence-corrected chi connectivity index (χ0v) is 18.3. The Labute approximate surface area is 177 Å². The van der Waals surface area contributed by atoms with Crippen molar-refractivity contribution < 1.29 is 5.11 Å². The topological polar surface area (TPSA) is 105 Å². The standard InChI is InChI=1S/C22H31N7O/c1-6-18-15(4)25-13-29(18)22-26-20(19(23)21(27-22)28(5)14(2)3)24-12-11-16-7-9-17(30)10-8-16/h7-10,13-14,30H,6,11-12,23H2,1-5H3,(H,24,26,27). The van der Waals surface area contributed by atoms with E-state index in [0.717, 1.165) is 29.8 Å². The number of benzene rings is 1. The molecule has 3 rings (SSSR count). The molecule has 0 bridgehead atoms. The van der Waals surface area contributed by atoms with Gasteiger partial charge in [-0.2, -0.15) is 9.97 Å². The number of imidazole rings is 1. The summed E-state index contributed by atoms with van der Waals surface area (Å²) in [5, 5.41) is 12.8. The van der Waals surface area contributed by atoms with Gasteiger partial charge >= 0.3 is 0 Å². The number of aromatic hydroxyl groups is 1. The average Bonchev–Trinajstić information content (AvgIpc) is 3.10. The molecular weight excluding hydrogens is 378 g/mol. The molecule has 0 atom stereocenters. The third kappa shape index (κ3) is 4.48. The number of hydrogen-bond acceptors (Lipinski definition) is 7. The van der Waals surface area contributed by atoms with E-state index in [0.29, 0.717) is 29.8 Å². The number of nitrogens with one attached hydrogen (secondary N) is 1. The van der Waals surface area contributed by atoms with Crippen LogP contribution >= 0.6 is 0 Å². The molecule has 30 heavy (non-hydrogen) atoms. The quantitative estimate of drug-likeness (QED) is 0.524. The number of nitrogens with two attached hydrogens (primary N) is 1. The SMILES string of the molecule is CCc1c(C)ncn1-c1nc(NCCc2ccc(O)cc2)c(N)c(N(C)C(C)C)n1. The summed E-state index contributed by atoms with van der Waals surface area (Å²) in [6.07, 6.45) is 3.37. The third-order valence-corrected chi connectivity index (χ3v) is 5.29. The van der Waals surface area contributed by atoms with Gasteiger partial charge in [0.2, 0.25) is 5.95 Å². The number of rotatable bonds is 8. The minimum absolute atomic E-state index is 0.232. The largest absolute Gasteiger partial charge is 0.508 e. The fraction of sp³-hybridized carbons (Fsp3) is 0.409. The molecule has 160 valence electrons. The van der Waals surface area contributed by atoms with Crippen LogP contribution in [0.5, 0.6) is 5.75 Å². The molecule has 2 aromatic heterocycles. The lowest BCUT2D eigenvalue weighted by Gasteiger charge is -2.25. The molecule has 0 amide bonds. The van der Waals surface area contributed by atoms with E-state index in [9.17, 15) is 5.11 Å². The Bertz CT molecular complexity index is 995. The van der Waals surface area contributed by atoms with Crippen LogP contribution < -0.4 is 16.0 Å². The molecule has 0 saturated heterocycles. The highest BCUT2D eigenvalue weighted by molar-refractivity contribution is 5.76. The van der Waals surface area contributed by atoms with Gasteiger partial charge in [0, 0.05) is 25.3 Å². The molecule has 4 N–H and O–H groups in total. The highest BCUT2D eigenvalue weighted by Gasteiger charge is 2.19. The Morgan fingerprint density at radius 1 is 1.20 bits per heavy atom. The Hall–Kier alpha value is -3.29. The van der Waals surface area contributed by atoms with Crippen molar-refractivity contribution in [1.82, 2.24) is 19.5 Å². The number of nitrogens with zero attached hydrogens (tertiary/aromatic N) is 5. The normalized spacial score (nSPS) is 11.1. The molecule has 3 aromatic rings. The maximum absolute atomic E-state index is 9.45. The number of phenols is 1. The Kier molecular flexibility index (Phi) is 6.44. The van der Waals surface area contributed by atoms with Gasteiger partial charge in [0.15, 0.2) is 11.6 Å². The average molecular weight is 410 g/mol. The predicted molar refractivity (Wildman–Crippen MR) is 122 cm³/mol. The van der Waals surface area contributed by atoms with E-state index >= 15 is 0 Å². The van der Waals surface area contributed by atoms with E-state index in [1.807, 2.05) is 35.6 Å². The van der Waals surface area contributed by atoms with E-state index in [4.69, 9.17) is 15.7 Å². The lowest BCUT2D eigenvalue weighted by molar-refractivity contribution is 0.475. The van der Waals surface area contributed by atoms with Crippen molar-refractivity contribution in [3.05, 3.63) is 47.5 Å². The van der Waals surface area contributed by atoms with Crippen molar-refractivity contribution in [2.75, 3.05) is 29.5 Å². The lowest BCUT2D eigenvalue weighted by Crippen LogP contribution is -2.29. The third-order valence-electron chi connectivity index (χ3n) is 5.29. The van der Waals surface area contributed by atoms with Gasteiger partial charge in [-0.3, -0.25) is 4.57 Å². The van der Waals surface area contributed by atoms with Crippen LogP contribution in [0.15, 0.2) is 30.6 Å². The molecule has 0 fully saturated rings. The van der Waals surface area contributed by atoms with Gasteiger partial charge in [0.25, 0.3) is 0 Å². The first-order valence-electron chi connectivity index (χ1n) is 10.3. The summed E-state index contributed by atoms with van der Waals surface area (Å²) >= 11 is 0. The fourth-order valence-electron chi connectivity index (χ4n) is 3.25. The summed E-state index contributed by atoms with van der Waals surface area (Å²) in [7, 11) is 1.98. The summed E-state index contributed by atoms with van der Waals surface area (Å²) < 4.78 is 1.93. The first-order valence-corrected chi connectivity index (χ1v) is 10.3. The minimum Gasteiger partial charge on any atom is -0.508 e. The molecule has 0 saturated carbocycles. The van der Waals surface area contributed by atoms with Gasteiger partial charge in [0.1, 0.15) is 17.8 Å². The Morgan fingerprint density at radius 3 is 2.53 bits per heavy atom.